The number of rotatable bonds is 11. The SMILES string of the molecule is CCOCCn1c(=O)n(CCCN=NN=C(N)CC2=CCC(C(F)(F)F)C=C2)c(=O)c2[nH]c(Cl)nc21. The molecule has 0 aromatic carbocycles. The monoisotopic (exact) mass is 530 g/mol. The average molecular weight is 531 g/mol. The predicted molar refractivity (Wildman–Crippen MR) is 128 cm³/mol. The number of halogens is 4. The Hall–Kier alpha value is -3.26. The Bertz CT molecular complexity index is 1310. The van der Waals surface area contributed by atoms with Gasteiger partial charge in [-0.25, -0.2) is 4.79 Å². The third-order valence-corrected chi connectivity index (χ3v) is 5.53. The van der Waals surface area contributed by atoms with E-state index in [9.17, 15) is 22.8 Å². The van der Waals surface area contributed by atoms with Crippen molar-refractivity contribution >= 4 is 28.6 Å². The van der Waals surface area contributed by atoms with Crippen LogP contribution >= 0.6 is 11.6 Å². The number of nitrogens with zero attached hydrogens (tertiary/aromatic N) is 6. The van der Waals surface area contributed by atoms with E-state index in [1.54, 1.807) is 0 Å². The molecule has 1 aliphatic rings. The van der Waals surface area contributed by atoms with Crippen LogP contribution in [0, 0.1) is 5.92 Å². The summed E-state index contributed by atoms with van der Waals surface area (Å²) in [5, 5.41) is 11.2. The Morgan fingerprint density at radius 3 is 2.78 bits per heavy atom. The number of imidazole rings is 1. The van der Waals surface area contributed by atoms with E-state index in [0.29, 0.717) is 18.6 Å². The van der Waals surface area contributed by atoms with Gasteiger partial charge in [-0.2, -0.15) is 23.3 Å². The fraction of sp³-hybridized carbons (Fsp3) is 0.524. The molecule has 2 aromatic heterocycles. The van der Waals surface area contributed by atoms with Crippen molar-refractivity contribution in [1.29, 1.82) is 0 Å². The molecule has 0 bridgehead atoms. The van der Waals surface area contributed by atoms with E-state index < -0.39 is 23.3 Å². The Kier molecular flexibility index (Phi) is 9.20. The van der Waals surface area contributed by atoms with Gasteiger partial charge in [0.1, 0.15) is 5.84 Å². The fourth-order valence-electron chi connectivity index (χ4n) is 3.55. The Balaban J connectivity index is 1.58. The Morgan fingerprint density at radius 1 is 1.33 bits per heavy atom. The molecular formula is C21H26ClF3N8O3. The predicted octanol–water partition coefficient (Wildman–Crippen LogP) is 3.15. The maximum Gasteiger partial charge on any atom is 0.395 e. The van der Waals surface area contributed by atoms with E-state index in [0.717, 1.165) is 10.6 Å². The molecule has 3 N–H and O–H groups in total. The lowest BCUT2D eigenvalue weighted by Crippen LogP contribution is -2.41. The Morgan fingerprint density at radius 2 is 2.11 bits per heavy atom. The molecular weight excluding hydrogens is 505 g/mol. The zero-order valence-electron chi connectivity index (χ0n) is 19.5. The van der Waals surface area contributed by atoms with Crippen LogP contribution in [0.5, 0.6) is 0 Å². The molecule has 2 aromatic rings. The molecule has 0 saturated carbocycles. The van der Waals surface area contributed by atoms with Crippen molar-refractivity contribution in [3.8, 4) is 0 Å². The molecule has 0 amide bonds. The van der Waals surface area contributed by atoms with E-state index in [-0.39, 0.29) is 61.4 Å². The quantitative estimate of drug-likeness (QED) is 0.114. The van der Waals surface area contributed by atoms with Gasteiger partial charge in [0.15, 0.2) is 11.2 Å². The van der Waals surface area contributed by atoms with Gasteiger partial charge in [0, 0.05) is 19.6 Å². The van der Waals surface area contributed by atoms with Crippen LogP contribution in [0.1, 0.15) is 26.2 Å². The molecule has 3 rings (SSSR count). The van der Waals surface area contributed by atoms with E-state index in [4.69, 9.17) is 22.1 Å². The highest BCUT2D eigenvalue weighted by Crippen LogP contribution is 2.33. The summed E-state index contributed by atoms with van der Waals surface area (Å²) in [5.41, 5.74) is 5.56. The van der Waals surface area contributed by atoms with Crippen molar-refractivity contribution < 1.29 is 17.9 Å². The lowest BCUT2D eigenvalue weighted by molar-refractivity contribution is -0.160. The van der Waals surface area contributed by atoms with E-state index >= 15 is 0 Å². The third-order valence-electron chi connectivity index (χ3n) is 5.35. The lowest BCUT2D eigenvalue weighted by Gasteiger charge is -2.18. The number of alkyl halides is 3. The maximum atomic E-state index is 12.9. The van der Waals surface area contributed by atoms with Crippen LogP contribution in [0.15, 0.2) is 48.8 Å². The Labute approximate surface area is 208 Å². The molecule has 0 saturated heterocycles. The van der Waals surface area contributed by atoms with E-state index in [1.807, 2.05) is 6.92 Å². The number of aromatic nitrogens is 4. The van der Waals surface area contributed by atoms with Crippen molar-refractivity contribution in [2.24, 2.45) is 27.1 Å². The van der Waals surface area contributed by atoms with Crippen molar-refractivity contribution in [3.63, 3.8) is 0 Å². The van der Waals surface area contributed by atoms with Gasteiger partial charge in [-0.3, -0.25) is 13.9 Å². The number of allylic oxidation sites excluding steroid dienone is 3. The van der Waals surface area contributed by atoms with Crippen LogP contribution in [0.4, 0.5) is 13.2 Å². The fourth-order valence-corrected chi connectivity index (χ4v) is 3.73. The highest BCUT2D eigenvalue weighted by Gasteiger charge is 2.37. The van der Waals surface area contributed by atoms with Gasteiger partial charge in [0.05, 0.1) is 25.6 Å². The number of hydrogen-bond acceptors (Lipinski definition) is 6. The summed E-state index contributed by atoms with van der Waals surface area (Å²) >= 11 is 5.90. The normalized spacial score (nSPS) is 16.9. The minimum atomic E-state index is -4.27. The summed E-state index contributed by atoms with van der Waals surface area (Å²) in [6.45, 7) is 2.98. The van der Waals surface area contributed by atoms with Crippen molar-refractivity contribution in [2.45, 2.75) is 45.5 Å². The second-order valence-corrected chi connectivity index (χ2v) is 8.27. The maximum absolute atomic E-state index is 12.9. The van der Waals surface area contributed by atoms with Crippen molar-refractivity contribution in [1.82, 2.24) is 19.1 Å². The first-order valence-corrected chi connectivity index (χ1v) is 11.6. The van der Waals surface area contributed by atoms with Gasteiger partial charge in [0.25, 0.3) is 5.56 Å². The zero-order chi connectivity index (χ0) is 26.3. The van der Waals surface area contributed by atoms with Crippen LogP contribution in [0.2, 0.25) is 5.28 Å². The van der Waals surface area contributed by atoms with Crippen molar-refractivity contribution in [2.75, 3.05) is 19.8 Å². The highest BCUT2D eigenvalue weighted by atomic mass is 35.5. The van der Waals surface area contributed by atoms with Crippen LogP contribution in [-0.4, -0.2) is 50.9 Å². The average Bonchev–Trinajstić information content (AvgIpc) is 3.21. The summed E-state index contributed by atoms with van der Waals surface area (Å²) in [6, 6.07) is 0. The second-order valence-electron chi connectivity index (χ2n) is 7.91. The van der Waals surface area contributed by atoms with Crippen LogP contribution in [-0.2, 0) is 17.8 Å². The van der Waals surface area contributed by atoms with Gasteiger partial charge < -0.3 is 15.5 Å². The molecule has 0 fully saturated rings. The molecule has 196 valence electrons. The smallest absolute Gasteiger partial charge is 0.385 e. The summed E-state index contributed by atoms with van der Waals surface area (Å²) in [7, 11) is 0. The number of ether oxygens (including phenoxy) is 1. The molecule has 2 heterocycles. The minimum Gasteiger partial charge on any atom is -0.385 e. The van der Waals surface area contributed by atoms with Gasteiger partial charge >= 0.3 is 11.9 Å². The molecule has 0 aliphatic heterocycles. The minimum absolute atomic E-state index is 0.00619. The number of amidine groups is 1. The highest BCUT2D eigenvalue weighted by molar-refractivity contribution is 6.28. The first-order valence-electron chi connectivity index (χ1n) is 11.2. The first kappa shape index (κ1) is 27.3. The molecule has 1 atom stereocenters. The number of aromatic amines is 1. The topological polar surface area (TPSA) is 145 Å². The number of H-pyrrole nitrogens is 1. The number of hydrogen-bond donors (Lipinski definition) is 2. The largest absolute Gasteiger partial charge is 0.395 e. The van der Waals surface area contributed by atoms with E-state index in [1.165, 1.54) is 16.7 Å². The number of nitrogens with two attached hydrogens (primary N) is 1. The number of nitrogens with one attached hydrogen (secondary N) is 1. The molecule has 15 heteroatoms. The summed E-state index contributed by atoms with van der Waals surface area (Å²) in [6.07, 6.45) is -0.0166. The molecule has 11 nitrogen and oxygen atoms in total. The van der Waals surface area contributed by atoms with Gasteiger partial charge in [-0.15, -0.1) is 5.10 Å². The second kappa shape index (κ2) is 12.1. The molecule has 0 spiro atoms. The summed E-state index contributed by atoms with van der Waals surface area (Å²) in [4.78, 5) is 32.3. The molecule has 36 heavy (non-hydrogen) atoms. The molecule has 1 aliphatic carbocycles. The third kappa shape index (κ3) is 6.91. The lowest BCUT2D eigenvalue weighted by atomic mass is 9.95. The van der Waals surface area contributed by atoms with Crippen LogP contribution in [0.25, 0.3) is 11.2 Å². The van der Waals surface area contributed by atoms with Gasteiger partial charge in [-0.1, -0.05) is 18.2 Å². The van der Waals surface area contributed by atoms with E-state index in [2.05, 4.69) is 25.4 Å². The molecule has 1 unspecified atom stereocenters. The van der Waals surface area contributed by atoms with Gasteiger partial charge in [0.2, 0.25) is 5.28 Å². The van der Waals surface area contributed by atoms with Crippen LogP contribution < -0.4 is 17.0 Å². The summed E-state index contributed by atoms with van der Waals surface area (Å²) in [5.74, 6) is -1.40. The van der Waals surface area contributed by atoms with Crippen LogP contribution in [0.3, 0.4) is 0 Å². The zero-order valence-corrected chi connectivity index (χ0v) is 20.2. The molecule has 0 radical (unpaired) electrons. The summed E-state index contributed by atoms with van der Waals surface area (Å²) < 4.78 is 45.8. The van der Waals surface area contributed by atoms with Crippen molar-refractivity contribution in [3.05, 3.63) is 49.9 Å². The first-order chi connectivity index (χ1) is 17.1. The standard InChI is InChI=1S/C21H26ClF3N8O3/c1-2-36-11-10-32-17-16(28-19(22)29-17)18(34)33(20(32)35)9-3-8-27-31-30-15(26)12-13-4-6-14(7-5-13)21(23,24)25/h4-6,14H,2-3,7-12H2,1H3,(H,28,29)(H2,26,27,30). The van der Waals surface area contributed by atoms with Gasteiger partial charge in [-0.05, 0) is 42.2 Å². The number of fused-ring (bicyclic) bond motifs is 1.